The van der Waals surface area contributed by atoms with Crippen LogP contribution in [-0.4, -0.2) is 24.1 Å². The summed E-state index contributed by atoms with van der Waals surface area (Å²) >= 11 is 0. The molecule has 0 aromatic heterocycles. The first kappa shape index (κ1) is 17.0. The summed E-state index contributed by atoms with van der Waals surface area (Å²) in [6.45, 7) is 11.8. The van der Waals surface area contributed by atoms with Gasteiger partial charge >= 0.3 is 11.9 Å². The van der Waals surface area contributed by atoms with Gasteiger partial charge in [-0.1, -0.05) is 27.2 Å². The van der Waals surface area contributed by atoms with Gasteiger partial charge in [0.25, 0.3) is 0 Å². The number of hydrogen-bond donors (Lipinski definition) is 0. The van der Waals surface area contributed by atoms with Gasteiger partial charge in [-0.2, -0.15) is 0 Å². The van der Waals surface area contributed by atoms with Gasteiger partial charge in [-0.3, -0.25) is 9.59 Å². The fraction of sp³-hybridized carbons (Fsp3) is 0.875. The molecule has 1 fully saturated rings. The molecule has 0 unspecified atom stereocenters. The first-order valence-electron chi connectivity index (χ1n) is 7.64. The summed E-state index contributed by atoms with van der Waals surface area (Å²) < 4.78 is 11.0. The van der Waals surface area contributed by atoms with Crippen molar-refractivity contribution in [2.24, 2.45) is 17.3 Å². The Labute approximate surface area is 122 Å². The van der Waals surface area contributed by atoms with Crippen LogP contribution in [0.5, 0.6) is 0 Å². The van der Waals surface area contributed by atoms with E-state index >= 15 is 0 Å². The van der Waals surface area contributed by atoms with Gasteiger partial charge in [-0.25, -0.2) is 0 Å². The van der Waals surface area contributed by atoms with Crippen LogP contribution in [0.15, 0.2) is 0 Å². The Morgan fingerprint density at radius 2 is 1.95 bits per heavy atom. The van der Waals surface area contributed by atoms with E-state index in [4.69, 9.17) is 9.47 Å². The summed E-state index contributed by atoms with van der Waals surface area (Å²) in [4.78, 5) is 24.7. The Hall–Kier alpha value is -1.06. The molecule has 0 spiro atoms. The third-order valence-corrected chi connectivity index (χ3v) is 4.44. The topological polar surface area (TPSA) is 52.6 Å². The lowest BCUT2D eigenvalue weighted by molar-refractivity contribution is -0.164. The summed E-state index contributed by atoms with van der Waals surface area (Å²) in [6.07, 6.45) is 2.64. The number of ether oxygens (including phenoxy) is 2. The summed E-state index contributed by atoms with van der Waals surface area (Å²) in [7, 11) is 0. The van der Waals surface area contributed by atoms with E-state index in [1.807, 2.05) is 13.8 Å². The van der Waals surface area contributed by atoms with Crippen LogP contribution < -0.4 is 0 Å². The zero-order valence-electron chi connectivity index (χ0n) is 13.6. The van der Waals surface area contributed by atoms with E-state index in [-0.39, 0.29) is 17.9 Å². The van der Waals surface area contributed by atoms with Crippen molar-refractivity contribution in [3.8, 4) is 0 Å². The fourth-order valence-corrected chi connectivity index (χ4v) is 3.20. The molecule has 0 aromatic carbocycles. The van der Waals surface area contributed by atoms with Crippen LogP contribution in [0.3, 0.4) is 0 Å². The molecular formula is C16H28O4. The van der Waals surface area contributed by atoms with Crippen molar-refractivity contribution < 1.29 is 19.1 Å². The standard InChI is InChI=1S/C16H28O4/c1-7-9-10-16(11(3)4)12(13(17)19-8-2)15(5,6)14(18)20-16/h11-12H,7-10H2,1-6H3/t12-,16+/m0/s1. The first-order valence-corrected chi connectivity index (χ1v) is 7.64. The fourth-order valence-electron chi connectivity index (χ4n) is 3.20. The van der Waals surface area contributed by atoms with Gasteiger partial charge in [-0.15, -0.1) is 0 Å². The van der Waals surface area contributed by atoms with Gasteiger partial charge in [0, 0.05) is 0 Å². The normalized spacial score (nSPS) is 28.6. The second-order valence-electron chi connectivity index (χ2n) is 6.51. The number of rotatable bonds is 6. The maximum Gasteiger partial charge on any atom is 0.314 e. The third kappa shape index (κ3) is 2.70. The van der Waals surface area contributed by atoms with Gasteiger partial charge in [0.05, 0.1) is 12.0 Å². The monoisotopic (exact) mass is 284 g/mol. The molecule has 1 aliphatic heterocycles. The highest BCUT2D eigenvalue weighted by Crippen LogP contribution is 2.52. The van der Waals surface area contributed by atoms with E-state index in [0.717, 1.165) is 12.8 Å². The number of hydrogen-bond acceptors (Lipinski definition) is 4. The molecule has 1 rings (SSSR count). The number of carbonyl (C=O) groups is 2. The summed E-state index contributed by atoms with van der Waals surface area (Å²) in [6, 6.07) is 0. The highest BCUT2D eigenvalue weighted by molar-refractivity contribution is 5.89. The van der Waals surface area contributed by atoms with Crippen molar-refractivity contribution in [3.05, 3.63) is 0 Å². The maximum absolute atomic E-state index is 12.4. The van der Waals surface area contributed by atoms with Crippen LogP contribution >= 0.6 is 0 Å². The van der Waals surface area contributed by atoms with Crippen molar-refractivity contribution in [1.29, 1.82) is 0 Å². The third-order valence-electron chi connectivity index (χ3n) is 4.44. The first-order chi connectivity index (χ1) is 9.24. The zero-order chi connectivity index (χ0) is 15.6. The van der Waals surface area contributed by atoms with Crippen LogP contribution in [0.4, 0.5) is 0 Å². The van der Waals surface area contributed by atoms with E-state index in [1.54, 1.807) is 20.8 Å². The number of unbranched alkanes of at least 4 members (excludes halogenated alkanes) is 1. The van der Waals surface area contributed by atoms with Crippen LogP contribution in [0.2, 0.25) is 0 Å². The molecule has 4 nitrogen and oxygen atoms in total. The molecular weight excluding hydrogens is 256 g/mol. The van der Waals surface area contributed by atoms with E-state index in [2.05, 4.69) is 6.92 Å². The van der Waals surface area contributed by atoms with E-state index in [9.17, 15) is 9.59 Å². The highest BCUT2D eigenvalue weighted by atomic mass is 16.6. The van der Waals surface area contributed by atoms with Crippen molar-refractivity contribution in [2.45, 2.75) is 66.4 Å². The molecule has 0 saturated carbocycles. The molecule has 1 heterocycles. The lowest BCUT2D eigenvalue weighted by atomic mass is 9.66. The van der Waals surface area contributed by atoms with E-state index in [1.165, 1.54) is 0 Å². The van der Waals surface area contributed by atoms with Crippen molar-refractivity contribution in [3.63, 3.8) is 0 Å². The van der Waals surface area contributed by atoms with Gasteiger partial charge in [0.2, 0.25) is 0 Å². The number of esters is 2. The minimum Gasteiger partial charge on any atom is -0.466 e. The van der Waals surface area contributed by atoms with E-state index < -0.39 is 16.9 Å². The minimum atomic E-state index is -0.829. The quantitative estimate of drug-likeness (QED) is 0.702. The molecule has 0 aromatic rings. The average Bonchev–Trinajstić information content (AvgIpc) is 2.55. The van der Waals surface area contributed by atoms with Gasteiger partial charge in [-0.05, 0) is 39.5 Å². The van der Waals surface area contributed by atoms with Crippen LogP contribution in [0.1, 0.15) is 60.8 Å². The van der Waals surface area contributed by atoms with Crippen molar-refractivity contribution in [1.82, 2.24) is 0 Å². The number of carbonyl (C=O) groups excluding carboxylic acids is 2. The highest BCUT2D eigenvalue weighted by Gasteiger charge is 2.64. The number of cyclic esters (lactones) is 1. The van der Waals surface area contributed by atoms with Crippen LogP contribution in [0.25, 0.3) is 0 Å². The molecule has 0 radical (unpaired) electrons. The zero-order valence-corrected chi connectivity index (χ0v) is 13.6. The average molecular weight is 284 g/mol. The molecule has 0 amide bonds. The second kappa shape index (κ2) is 6.15. The van der Waals surface area contributed by atoms with Crippen LogP contribution in [-0.2, 0) is 19.1 Å². The Kier molecular flexibility index (Phi) is 5.22. The molecule has 0 bridgehead atoms. The SMILES string of the molecule is CCCC[C@]1(C(C)C)OC(=O)C(C)(C)[C@@H]1C(=O)OCC. The summed E-state index contributed by atoms with van der Waals surface area (Å²) in [5.74, 6) is -1.06. The molecule has 1 aliphatic rings. The predicted molar refractivity (Wildman–Crippen MR) is 77.1 cm³/mol. The molecule has 116 valence electrons. The van der Waals surface area contributed by atoms with Gasteiger partial charge in [0.1, 0.15) is 11.5 Å². The largest absolute Gasteiger partial charge is 0.466 e. The molecule has 20 heavy (non-hydrogen) atoms. The molecule has 2 atom stereocenters. The van der Waals surface area contributed by atoms with E-state index in [0.29, 0.717) is 13.0 Å². The lowest BCUT2D eigenvalue weighted by Crippen LogP contribution is -2.48. The smallest absolute Gasteiger partial charge is 0.314 e. The second-order valence-corrected chi connectivity index (χ2v) is 6.51. The summed E-state index contributed by atoms with van der Waals surface area (Å²) in [5.41, 5.74) is -1.56. The Balaban J connectivity index is 3.24. The maximum atomic E-state index is 12.4. The van der Waals surface area contributed by atoms with Gasteiger partial charge < -0.3 is 9.47 Å². The predicted octanol–water partition coefficient (Wildman–Crippen LogP) is 3.33. The van der Waals surface area contributed by atoms with Crippen molar-refractivity contribution in [2.75, 3.05) is 6.61 Å². The molecule has 0 aliphatic carbocycles. The Morgan fingerprint density at radius 1 is 1.35 bits per heavy atom. The minimum absolute atomic E-state index is 0.0779. The lowest BCUT2D eigenvalue weighted by Gasteiger charge is -2.38. The molecule has 4 heteroatoms. The Morgan fingerprint density at radius 3 is 2.40 bits per heavy atom. The Bertz CT molecular complexity index is 373. The summed E-state index contributed by atoms with van der Waals surface area (Å²) in [5, 5.41) is 0. The van der Waals surface area contributed by atoms with Crippen molar-refractivity contribution >= 4 is 11.9 Å². The molecule has 1 saturated heterocycles. The van der Waals surface area contributed by atoms with Gasteiger partial charge in [0.15, 0.2) is 0 Å². The van der Waals surface area contributed by atoms with Crippen LogP contribution in [0, 0.1) is 17.3 Å². The molecule has 0 N–H and O–H groups in total.